The number of H-pyrrole nitrogens is 1. The second kappa shape index (κ2) is 12.4. The van der Waals surface area contributed by atoms with Gasteiger partial charge in [0.05, 0.1) is 6.20 Å². The maximum absolute atomic E-state index is 13.6. The van der Waals surface area contributed by atoms with Crippen LogP contribution in [0.2, 0.25) is 0 Å². The highest BCUT2D eigenvalue weighted by atomic mass is 16.6. The van der Waals surface area contributed by atoms with Gasteiger partial charge in [-0.15, -0.1) is 0 Å². The lowest BCUT2D eigenvalue weighted by atomic mass is 9.89. The van der Waals surface area contributed by atoms with Crippen molar-refractivity contribution in [3.8, 4) is 11.1 Å². The number of carbonyl (C=O) groups is 2. The SMILES string of the molecule is Cc1cc(C)c(CNC(=O)c2cc(-c3cnn(C)c3)cc(N(C)C3CCC(NC(=O)OC(C)(C)C)CC3)c2C)c(=O)[nH]1. The van der Waals surface area contributed by atoms with E-state index in [2.05, 4.69) is 38.7 Å². The van der Waals surface area contributed by atoms with Crippen LogP contribution in [0.15, 0.2) is 35.4 Å². The predicted molar refractivity (Wildman–Crippen MR) is 165 cm³/mol. The molecule has 2 amide bonds. The van der Waals surface area contributed by atoms with Crippen molar-refractivity contribution >= 4 is 17.7 Å². The maximum Gasteiger partial charge on any atom is 0.407 e. The molecule has 1 aromatic carbocycles. The Balaban J connectivity index is 1.55. The molecule has 0 spiro atoms. The summed E-state index contributed by atoms with van der Waals surface area (Å²) in [5.74, 6) is -0.238. The third kappa shape index (κ3) is 7.40. The van der Waals surface area contributed by atoms with Gasteiger partial charge in [-0.2, -0.15) is 5.10 Å². The van der Waals surface area contributed by atoms with Gasteiger partial charge in [-0.05, 0) is 102 Å². The fraction of sp³-hybridized carbons (Fsp3) is 0.500. The zero-order valence-electron chi connectivity index (χ0n) is 26.1. The zero-order valence-corrected chi connectivity index (χ0v) is 26.1. The number of hydrogen-bond acceptors (Lipinski definition) is 6. The highest BCUT2D eigenvalue weighted by Crippen LogP contribution is 2.34. The number of aromatic amines is 1. The molecule has 0 atom stereocenters. The van der Waals surface area contributed by atoms with Crippen molar-refractivity contribution in [3.63, 3.8) is 0 Å². The molecule has 0 radical (unpaired) electrons. The molecular weight excluding hydrogens is 532 g/mol. The number of ether oxygens (including phenoxy) is 1. The maximum atomic E-state index is 13.6. The normalized spacial score (nSPS) is 17.0. The molecule has 0 saturated heterocycles. The number of nitrogens with one attached hydrogen (secondary N) is 3. The number of hydrogen-bond donors (Lipinski definition) is 3. The average Bonchev–Trinajstić information content (AvgIpc) is 3.33. The monoisotopic (exact) mass is 576 g/mol. The van der Waals surface area contributed by atoms with Crippen LogP contribution in [0.25, 0.3) is 11.1 Å². The van der Waals surface area contributed by atoms with Crippen LogP contribution in [0.1, 0.15) is 79.2 Å². The molecule has 3 N–H and O–H groups in total. The number of alkyl carbamates (subject to hydrolysis) is 1. The van der Waals surface area contributed by atoms with E-state index in [9.17, 15) is 14.4 Å². The summed E-state index contributed by atoms with van der Waals surface area (Å²) >= 11 is 0. The number of carbonyl (C=O) groups excluding carboxylic acids is 2. The first-order chi connectivity index (χ1) is 19.7. The second-order valence-electron chi connectivity index (χ2n) is 12.5. The molecule has 3 aromatic rings. The van der Waals surface area contributed by atoms with Gasteiger partial charge in [-0.3, -0.25) is 14.3 Å². The summed E-state index contributed by atoms with van der Waals surface area (Å²) < 4.78 is 7.17. The smallest absolute Gasteiger partial charge is 0.407 e. The number of aryl methyl sites for hydroxylation is 3. The van der Waals surface area contributed by atoms with Crippen LogP contribution >= 0.6 is 0 Å². The zero-order chi connectivity index (χ0) is 30.8. The van der Waals surface area contributed by atoms with Crippen LogP contribution in [-0.4, -0.2) is 51.5 Å². The summed E-state index contributed by atoms with van der Waals surface area (Å²) in [6, 6.07) is 6.23. The lowest BCUT2D eigenvalue weighted by molar-refractivity contribution is 0.0491. The average molecular weight is 577 g/mol. The van der Waals surface area contributed by atoms with Crippen LogP contribution in [-0.2, 0) is 18.3 Å². The van der Waals surface area contributed by atoms with Gasteiger partial charge >= 0.3 is 6.09 Å². The van der Waals surface area contributed by atoms with Crippen molar-refractivity contribution in [3.05, 3.63) is 68.9 Å². The fourth-order valence-corrected chi connectivity index (χ4v) is 5.68. The van der Waals surface area contributed by atoms with Crippen molar-refractivity contribution in [2.75, 3.05) is 11.9 Å². The van der Waals surface area contributed by atoms with Gasteiger partial charge in [-0.25, -0.2) is 4.79 Å². The van der Waals surface area contributed by atoms with E-state index < -0.39 is 5.60 Å². The number of pyridine rings is 1. The van der Waals surface area contributed by atoms with Crippen LogP contribution < -0.4 is 21.1 Å². The van der Waals surface area contributed by atoms with E-state index in [1.165, 1.54) is 0 Å². The highest BCUT2D eigenvalue weighted by Gasteiger charge is 2.28. The summed E-state index contributed by atoms with van der Waals surface area (Å²) in [7, 11) is 3.93. The lowest BCUT2D eigenvalue weighted by Gasteiger charge is -2.37. The molecule has 226 valence electrons. The Morgan fingerprint density at radius 3 is 2.38 bits per heavy atom. The first-order valence-corrected chi connectivity index (χ1v) is 14.6. The van der Waals surface area contributed by atoms with E-state index in [0.29, 0.717) is 11.1 Å². The van der Waals surface area contributed by atoms with E-state index in [4.69, 9.17) is 4.74 Å². The lowest BCUT2D eigenvalue weighted by Crippen LogP contribution is -2.44. The van der Waals surface area contributed by atoms with Gasteiger partial charge in [0, 0.05) is 67.0 Å². The van der Waals surface area contributed by atoms with Crippen LogP contribution in [0, 0.1) is 20.8 Å². The minimum atomic E-state index is -0.531. The van der Waals surface area contributed by atoms with Crippen molar-refractivity contribution in [1.29, 1.82) is 0 Å². The minimum absolute atomic E-state index is 0.0713. The highest BCUT2D eigenvalue weighted by molar-refractivity contribution is 5.98. The third-order valence-corrected chi connectivity index (χ3v) is 7.93. The Labute approximate surface area is 247 Å². The summed E-state index contributed by atoms with van der Waals surface area (Å²) in [5, 5.41) is 10.3. The molecule has 1 saturated carbocycles. The van der Waals surface area contributed by atoms with Gasteiger partial charge in [-0.1, -0.05) is 0 Å². The predicted octanol–water partition coefficient (Wildman–Crippen LogP) is 4.90. The van der Waals surface area contributed by atoms with Gasteiger partial charge in [0.2, 0.25) is 0 Å². The molecule has 1 aliphatic rings. The molecule has 10 nitrogen and oxygen atoms in total. The van der Waals surface area contributed by atoms with Crippen molar-refractivity contribution in [2.45, 2.75) is 91.5 Å². The summed E-state index contributed by atoms with van der Waals surface area (Å²) in [6.45, 7) is 11.4. The Hall–Kier alpha value is -4.08. The van der Waals surface area contributed by atoms with Crippen LogP contribution in [0.4, 0.5) is 10.5 Å². The Morgan fingerprint density at radius 2 is 1.79 bits per heavy atom. The quantitative estimate of drug-likeness (QED) is 0.368. The van der Waals surface area contributed by atoms with Crippen molar-refractivity contribution in [1.82, 2.24) is 25.4 Å². The molecule has 42 heavy (non-hydrogen) atoms. The molecule has 1 aliphatic carbocycles. The number of nitrogens with zero attached hydrogens (tertiary/aromatic N) is 3. The molecule has 0 aliphatic heterocycles. The summed E-state index contributed by atoms with van der Waals surface area (Å²) in [5.41, 5.74) is 5.65. The van der Waals surface area contributed by atoms with E-state index >= 15 is 0 Å². The Bertz CT molecular complexity index is 1510. The molecular formula is C32H44N6O4. The Morgan fingerprint density at radius 1 is 1.10 bits per heavy atom. The van der Waals surface area contributed by atoms with Crippen molar-refractivity contribution < 1.29 is 14.3 Å². The van der Waals surface area contributed by atoms with E-state index in [1.807, 2.05) is 66.9 Å². The fourth-order valence-electron chi connectivity index (χ4n) is 5.68. The first-order valence-electron chi connectivity index (χ1n) is 14.6. The topological polar surface area (TPSA) is 121 Å². The van der Waals surface area contributed by atoms with Gasteiger partial charge in [0.1, 0.15) is 5.60 Å². The standard InChI is InChI=1S/C32H44N6O4/c1-19-13-20(2)35-30(40)27(19)17-33-29(39)26-14-22(23-16-34-37(7)18-23)15-28(21(26)3)38(8)25-11-9-24(10-12-25)36-31(41)42-32(4,5)6/h13-16,18,24-25H,9-12,17H2,1-8H3,(H,33,39)(H,35,40)(H,36,41). The third-order valence-electron chi connectivity index (χ3n) is 7.93. The molecule has 1 fully saturated rings. The number of rotatable bonds is 7. The van der Waals surface area contributed by atoms with E-state index in [1.54, 1.807) is 10.9 Å². The van der Waals surface area contributed by atoms with Gasteiger partial charge < -0.3 is 25.3 Å². The summed E-state index contributed by atoms with van der Waals surface area (Å²) in [4.78, 5) is 43.5. The minimum Gasteiger partial charge on any atom is -0.444 e. The van der Waals surface area contributed by atoms with Crippen LogP contribution in [0.5, 0.6) is 0 Å². The van der Waals surface area contributed by atoms with Crippen molar-refractivity contribution in [2.24, 2.45) is 7.05 Å². The number of aromatic nitrogens is 3. The molecule has 2 aromatic heterocycles. The Kier molecular flexibility index (Phi) is 9.13. The molecule has 0 bridgehead atoms. The molecule has 10 heteroatoms. The largest absolute Gasteiger partial charge is 0.444 e. The molecule has 4 rings (SSSR count). The van der Waals surface area contributed by atoms with Gasteiger partial charge in [0.25, 0.3) is 11.5 Å². The van der Waals surface area contributed by atoms with E-state index in [0.717, 1.165) is 59.3 Å². The number of anilines is 1. The number of amides is 2. The molecule has 0 unspecified atom stereocenters. The summed E-state index contributed by atoms with van der Waals surface area (Å²) in [6.07, 6.45) is 6.81. The van der Waals surface area contributed by atoms with Gasteiger partial charge in [0.15, 0.2) is 0 Å². The molecule has 2 heterocycles. The van der Waals surface area contributed by atoms with E-state index in [-0.39, 0.29) is 36.2 Å². The number of benzene rings is 1. The van der Waals surface area contributed by atoms with Crippen LogP contribution in [0.3, 0.4) is 0 Å². The first kappa shape index (κ1) is 30.9. The second-order valence-corrected chi connectivity index (χ2v) is 12.5.